The first kappa shape index (κ1) is 10.4. The number of Topliss-reactive ketones (excluding diaryl/α,β-unsaturated/α-hetero) is 1. The first-order valence-electron chi connectivity index (χ1n) is 5.11. The monoisotopic (exact) mass is 222 g/mol. The van der Waals surface area contributed by atoms with Crippen molar-refractivity contribution < 1.29 is 9.53 Å². The van der Waals surface area contributed by atoms with Crippen molar-refractivity contribution in [2.24, 2.45) is 0 Å². The second-order valence-corrected chi connectivity index (χ2v) is 5.05. The molecule has 15 heavy (non-hydrogen) atoms. The fourth-order valence-corrected chi connectivity index (χ4v) is 2.58. The molecular weight excluding hydrogens is 208 g/mol. The van der Waals surface area contributed by atoms with E-state index in [-0.39, 0.29) is 5.78 Å². The Morgan fingerprint density at radius 1 is 1.47 bits per heavy atom. The van der Waals surface area contributed by atoms with Gasteiger partial charge in [-0.15, -0.1) is 11.3 Å². The van der Waals surface area contributed by atoms with Gasteiger partial charge in [-0.2, -0.15) is 0 Å². The average molecular weight is 222 g/mol. The molecule has 1 aliphatic heterocycles. The van der Waals surface area contributed by atoms with Gasteiger partial charge in [0.2, 0.25) is 5.78 Å². The molecule has 0 fully saturated rings. The lowest BCUT2D eigenvalue weighted by atomic mass is 10.0. The third-order valence-electron chi connectivity index (χ3n) is 2.62. The fraction of sp³-hybridized carbons (Fsp3) is 0.417. The minimum atomic E-state index is 0.135. The van der Waals surface area contributed by atoms with Gasteiger partial charge in [-0.1, -0.05) is 0 Å². The molecule has 80 valence electrons. The van der Waals surface area contributed by atoms with Gasteiger partial charge in [-0.25, -0.2) is 0 Å². The van der Waals surface area contributed by atoms with Crippen LogP contribution in [0.2, 0.25) is 0 Å². The van der Waals surface area contributed by atoms with Gasteiger partial charge in [0.15, 0.2) is 0 Å². The standard InChI is InChI=1S/C12H14O2S/c1-8-6-11(15-9(8)2)12(13)10-4-3-5-14-7-10/h6-7H,3-5H2,1-2H3. The van der Waals surface area contributed by atoms with E-state index in [0.29, 0.717) is 0 Å². The summed E-state index contributed by atoms with van der Waals surface area (Å²) in [4.78, 5) is 14.1. The molecule has 3 heteroatoms. The normalized spacial score (nSPS) is 15.7. The number of ketones is 1. The van der Waals surface area contributed by atoms with E-state index in [1.807, 2.05) is 19.9 Å². The van der Waals surface area contributed by atoms with E-state index in [9.17, 15) is 4.79 Å². The Morgan fingerprint density at radius 2 is 2.27 bits per heavy atom. The predicted octanol–water partition coefficient (Wildman–Crippen LogP) is 3.24. The summed E-state index contributed by atoms with van der Waals surface area (Å²) in [6, 6.07) is 1.97. The average Bonchev–Trinajstić information content (AvgIpc) is 2.59. The number of carbonyl (C=O) groups excluding carboxylic acids is 1. The van der Waals surface area contributed by atoms with Crippen molar-refractivity contribution >= 4 is 17.1 Å². The summed E-state index contributed by atoms with van der Waals surface area (Å²) >= 11 is 1.57. The Balaban J connectivity index is 2.23. The van der Waals surface area contributed by atoms with E-state index in [4.69, 9.17) is 4.74 Å². The molecule has 0 aromatic carbocycles. The fourth-order valence-electron chi connectivity index (χ4n) is 1.57. The van der Waals surface area contributed by atoms with E-state index in [0.717, 1.165) is 29.9 Å². The lowest BCUT2D eigenvalue weighted by Gasteiger charge is -2.11. The highest BCUT2D eigenvalue weighted by Gasteiger charge is 2.17. The molecule has 2 nitrogen and oxygen atoms in total. The number of rotatable bonds is 2. The van der Waals surface area contributed by atoms with Crippen LogP contribution >= 0.6 is 11.3 Å². The molecule has 0 unspecified atom stereocenters. The smallest absolute Gasteiger partial charge is 0.202 e. The van der Waals surface area contributed by atoms with Crippen molar-refractivity contribution in [1.82, 2.24) is 0 Å². The van der Waals surface area contributed by atoms with Gasteiger partial charge in [0.25, 0.3) is 0 Å². The highest BCUT2D eigenvalue weighted by Crippen LogP contribution is 2.25. The Hall–Kier alpha value is -1.09. The third kappa shape index (κ3) is 2.12. The molecule has 0 radical (unpaired) electrons. The molecular formula is C12H14O2S. The van der Waals surface area contributed by atoms with Gasteiger partial charge in [-0.3, -0.25) is 4.79 Å². The van der Waals surface area contributed by atoms with Crippen LogP contribution in [0.4, 0.5) is 0 Å². The van der Waals surface area contributed by atoms with E-state index in [1.165, 1.54) is 10.4 Å². The van der Waals surface area contributed by atoms with E-state index in [1.54, 1.807) is 17.6 Å². The van der Waals surface area contributed by atoms with E-state index in [2.05, 4.69) is 0 Å². The largest absolute Gasteiger partial charge is 0.501 e. The lowest BCUT2D eigenvalue weighted by Crippen LogP contribution is -2.07. The summed E-state index contributed by atoms with van der Waals surface area (Å²) in [7, 11) is 0. The summed E-state index contributed by atoms with van der Waals surface area (Å²) < 4.78 is 5.18. The maximum Gasteiger partial charge on any atom is 0.202 e. The van der Waals surface area contributed by atoms with Crippen molar-refractivity contribution in [2.75, 3.05) is 6.61 Å². The van der Waals surface area contributed by atoms with Crippen LogP contribution in [0.25, 0.3) is 0 Å². The molecule has 0 saturated carbocycles. The summed E-state index contributed by atoms with van der Waals surface area (Å²) in [5, 5.41) is 0. The van der Waals surface area contributed by atoms with Crippen molar-refractivity contribution in [3.8, 4) is 0 Å². The van der Waals surface area contributed by atoms with Crippen LogP contribution in [0.5, 0.6) is 0 Å². The Kier molecular flexibility index (Phi) is 2.91. The zero-order chi connectivity index (χ0) is 10.8. The maximum atomic E-state index is 12.0. The maximum absolute atomic E-state index is 12.0. The number of carbonyl (C=O) groups is 1. The molecule has 0 bridgehead atoms. The topological polar surface area (TPSA) is 26.3 Å². The predicted molar refractivity (Wildman–Crippen MR) is 61.4 cm³/mol. The lowest BCUT2D eigenvalue weighted by molar-refractivity contribution is 0.101. The van der Waals surface area contributed by atoms with E-state index < -0.39 is 0 Å². The van der Waals surface area contributed by atoms with Gasteiger partial charge < -0.3 is 4.74 Å². The molecule has 1 aromatic heterocycles. The SMILES string of the molecule is Cc1cc(C(=O)C2=COCCC2)sc1C. The first-order chi connectivity index (χ1) is 7.18. The van der Waals surface area contributed by atoms with Crippen LogP contribution in [0.3, 0.4) is 0 Å². The van der Waals surface area contributed by atoms with Gasteiger partial charge in [0.1, 0.15) is 0 Å². The van der Waals surface area contributed by atoms with Crippen LogP contribution < -0.4 is 0 Å². The number of hydrogen-bond acceptors (Lipinski definition) is 3. The third-order valence-corrected chi connectivity index (χ3v) is 3.77. The summed E-state index contributed by atoms with van der Waals surface area (Å²) in [5.41, 5.74) is 2.00. The van der Waals surface area contributed by atoms with Gasteiger partial charge in [0, 0.05) is 10.5 Å². The number of thiophene rings is 1. The Labute approximate surface area is 93.6 Å². The molecule has 2 heterocycles. The quantitative estimate of drug-likeness (QED) is 0.718. The highest BCUT2D eigenvalue weighted by molar-refractivity contribution is 7.14. The Bertz CT molecular complexity index is 396. The second-order valence-electron chi connectivity index (χ2n) is 3.80. The molecule has 0 N–H and O–H groups in total. The Morgan fingerprint density at radius 3 is 2.80 bits per heavy atom. The van der Waals surface area contributed by atoms with Gasteiger partial charge in [-0.05, 0) is 38.3 Å². The van der Waals surface area contributed by atoms with Gasteiger partial charge >= 0.3 is 0 Å². The zero-order valence-electron chi connectivity index (χ0n) is 9.00. The van der Waals surface area contributed by atoms with Crippen molar-refractivity contribution in [3.05, 3.63) is 33.2 Å². The van der Waals surface area contributed by atoms with Crippen LogP contribution in [-0.2, 0) is 4.74 Å². The molecule has 2 rings (SSSR count). The van der Waals surface area contributed by atoms with Crippen LogP contribution in [-0.4, -0.2) is 12.4 Å². The molecule has 0 saturated heterocycles. The molecule has 0 aliphatic carbocycles. The van der Waals surface area contributed by atoms with Crippen LogP contribution in [0.15, 0.2) is 17.9 Å². The van der Waals surface area contributed by atoms with Crippen LogP contribution in [0.1, 0.15) is 33.0 Å². The molecule has 0 atom stereocenters. The minimum Gasteiger partial charge on any atom is -0.501 e. The number of aryl methyl sites for hydroxylation is 2. The number of allylic oxidation sites excluding steroid dienone is 1. The first-order valence-corrected chi connectivity index (χ1v) is 5.92. The van der Waals surface area contributed by atoms with Crippen molar-refractivity contribution in [2.45, 2.75) is 26.7 Å². The van der Waals surface area contributed by atoms with Crippen LogP contribution in [0, 0.1) is 13.8 Å². The number of ether oxygens (including phenoxy) is 1. The van der Waals surface area contributed by atoms with Crippen molar-refractivity contribution in [1.29, 1.82) is 0 Å². The summed E-state index contributed by atoms with van der Waals surface area (Å²) in [6.45, 7) is 4.82. The summed E-state index contributed by atoms with van der Waals surface area (Å²) in [5.74, 6) is 0.135. The minimum absolute atomic E-state index is 0.135. The number of hydrogen-bond donors (Lipinski definition) is 0. The molecule has 1 aliphatic rings. The van der Waals surface area contributed by atoms with Gasteiger partial charge in [0.05, 0.1) is 17.7 Å². The van der Waals surface area contributed by atoms with E-state index >= 15 is 0 Å². The highest BCUT2D eigenvalue weighted by atomic mass is 32.1. The summed E-state index contributed by atoms with van der Waals surface area (Å²) in [6.07, 6.45) is 3.41. The molecule has 1 aromatic rings. The second kappa shape index (κ2) is 4.19. The molecule has 0 amide bonds. The van der Waals surface area contributed by atoms with Crippen molar-refractivity contribution in [3.63, 3.8) is 0 Å². The molecule has 0 spiro atoms. The zero-order valence-corrected chi connectivity index (χ0v) is 9.82.